The number of pyridine rings is 1. The second-order valence-corrected chi connectivity index (χ2v) is 5.15. The van der Waals surface area contributed by atoms with Crippen molar-refractivity contribution in [2.75, 3.05) is 0 Å². The molecule has 0 aliphatic heterocycles. The summed E-state index contributed by atoms with van der Waals surface area (Å²) in [6.07, 6.45) is 0. The standard InChI is InChI=1S/C16H12ClFN2O.ClH/c17-14-6-10(18)2-3-12(14)9-1-4-15-13(5-9)16(21)7-11(8-19)20-15;/h1-7H,8,19H2,(H,20,21);1H. The summed E-state index contributed by atoms with van der Waals surface area (Å²) < 4.78 is 13.1. The molecule has 3 N–H and O–H groups in total. The fourth-order valence-electron chi connectivity index (χ4n) is 2.30. The summed E-state index contributed by atoms with van der Waals surface area (Å²) >= 11 is 6.06. The highest BCUT2D eigenvalue weighted by atomic mass is 35.5. The highest BCUT2D eigenvalue weighted by molar-refractivity contribution is 6.33. The molecule has 0 unspecified atom stereocenters. The van der Waals surface area contributed by atoms with E-state index in [1.807, 2.05) is 6.07 Å². The first kappa shape index (κ1) is 16.5. The van der Waals surface area contributed by atoms with E-state index >= 15 is 0 Å². The third-order valence-corrected chi connectivity index (χ3v) is 3.66. The van der Waals surface area contributed by atoms with Gasteiger partial charge in [0.25, 0.3) is 0 Å². The maximum atomic E-state index is 13.1. The van der Waals surface area contributed by atoms with Crippen LogP contribution in [0, 0.1) is 5.82 Å². The number of rotatable bonds is 2. The van der Waals surface area contributed by atoms with Gasteiger partial charge >= 0.3 is 0 Å². The summed E-state index contributed by atoms with van der Waals surface area (Å²) in [5.41, 5.74) is 8.27. The van der Waals surface area contributed by atoms with E-state index < -0.39 is 5.82 Å². The zero-order valence-corrected chi connectivity index (χ0v) is 13.0. The molecular formula is C16H13Cl2FN2O. The van der Waals surface area contributed by atoms with Crippen molar-refractivity contribution in [2.24, 2.45) is 5.73 Å². The molecule has 0 fully saturated rings. The molecule has 0 radical (unpaired) electrons. The molecule has 0 aliphatic rings. The van der Waals surface area contributed by atoms with E-state index in [1.54, 1.807) is 18.2 Å². The lowest BCUT2D eigenvalue weighted by Crippen LogP contribution is -2.08. The van der Waals surface area contributed by atoms with Crippen LogP contribution in [0.4, 0.5) is 4.39 Å². The Morgan fingerprint density at radius 2 is 1.91 bits per heavy atom. The molecule has 3 aromatic rings. The zero-order valence-electron chi connectivity index (χ0n) is 11.4. The first-order valence-corrected chi connectivity index (χ1v) is 6.78. The van der Waals surface area contributed by atoms with Gasteiger partial charge in [0, 0.05) is 34.8 Å². The predicted molar refractivity (Wildman–Crippen MR) is 90.1 cm³/mol. The van der Waals surface area contributed by atoms with Crippen LogP contribution in [-0.4, -0.2) is 4.98 Å². The third-order valence-electron chi connectivity index (χ3n) is 3.35. The van der Waals surface area contributed by atoms with Gasteiger partial charge in [-0.2, -0.15) is 0 Å². The van der Waals surface area contributed by atoms with Crippen LogP contribution in [0.5, 0.6) is 0 Å². The smallest absolute Gasteiger partial charge is 0.189 e. The number of nitrogens with one attached hydrogen (secondary N) is 1. The maximum Gasteiger partial charge on any atom is 0.189 e. The number of aromatic nitrogens is 1. The molecule has 0 spiro atoms. The van der Waals surface area contributed by atoms with Crippen molar-refractivity contribution in [1.82, 2.24) is 4.98 Å². The van der Waals surface area contributed by atoms with Gasteiger partial charge in [-0.15, -0.1) is 12.4 Å². The van der Waals surface area contributed by atoms with Gasteiger partial charge in [0.05, 0.1) is 5.02 Å². The largest absolute Gasteiger partial charge is 0.357 e. The maximum absolute atomic E-state index is 13.1. The number of H-pyrrole nitrogens is 1. The van der Waals surface area contributed by atoms with Crippen LogP contribution in [0.15, 0.2) is 47.3 Å². The van der Waals surface area contributed by atoms with Crippen molar-refractivity contribution in [3.63, 3.8) is 0 Å². The van der Waals surface area contributed by atoms with E-state index in [4.69, 9.17) is 17.3 Å². The van der Waals surface area contributed by atoms with Crippen molar-refractivity contribution >= 4 is 34.9 Å². The Hall–Kier alpha value is -1.88. The quantitative estimate of drug-likeness (QED) is 0.745. The number of hydrogen-bond acceptors (Lipinski definition) is 2. The Morgan fingerprint density at radius 3 is 2.59 bits per heavy atom. The lowest BCUT2D eigenvalue weighted by molar-refractivity contribution is 0.628. The summed E-state index contributed by atoms with van der Waals surface area (Å²) in [5.74, 6) is -0.394. The Balaban J connectivity index is 0.00000176. The van der Waals surface area contributed by atoms with Gasteiger partial charge in [-0.25, -0.2) is 4.39 Å². The first-order chi connectivity index (χ1) is 10.1. The van der Waals surface area contributed by atoms with Crippen LogP contribution in [0.3, 0.4) is 0 Å². The molecule has 1 heterocycles. The van der Waals surface area contributed by atoms with E-state index in [-0.39, 0.29) is 24.4 Å². The van der Waals surface area contributed by atoms with Gasteiger partial charge in [0.2, 0.25) is 0 Å². The minimum atomic E-state index is -0.394. The Morgan fingerprint density at radius 1 is 1.14 bits per heavy atom. The van der Waals surface area contributed by atoms with Crippen LogP contribution >= 0.6 is 24.0 Å². The summed E-state index contributed by atoms with van der Waals surface area (Å²) in [7, 11) is 0. The average molecular weight is 339 g/mol. The molecule has 6 heteroatoms. The predicted octanol–water partition coefficient (Wildman–Crippen LogP) is 3.87. The fraction of sp³-hybridized carbons (Fsp3) is 0.0625. The average Bonchev–Trinajstić information content (AvgIpc) is 2.47. The van der Waals surface area contributed by atoms with Crippen LogP contribution in [0.1, 0.15) is 5.69 Å². The summed E-state index contributed by atoms with van der Waals surface area (Å²) in [6, 6.07) is 11.0. The monoisotopic (exact) mass is 338 g/mol. The van der Waals surface area contributed by atoms with Crippen molar-refractivity contribution in [3.05, 3.63) is 69.2 Å². The summed E-state index contributed by atoms with van der Waals surface area (Å²) in [5, 5.41) is 0.856. The molecule has 2 aromatic carbocycles. The number of nitrogens with two attached hydrogens (primary N) is 1. The molecule has 0 amide bonds. The molecule has 114 valence electrons. The summed E-state index contributed by atoms with van der Waals surface area (Å²) in [4.78, 5) is 15.2. The molecule has 1 aromatic heterocycles. The second kappa shape index (κ2) is 6.48. The molecule has 0 aliphatic carbocycles. The lowest BCUT2D eigenvalue weighted by atomic mass is 10.0. The Bertz CT molecular complexity index is 893. The van der Waals surface area contributed by atoms with Gasteiger partial charge in [0.1, 0.15) is 5.82 Å². The molecule has 0 saturated carbocycles. The zero-order chi connectivity index (χ0) is 15.0. The van der Waals surface area contributed by atoms with Crippen molar-refractivity contribution < 1.29 is 4.39 Å². The van der Waals surface area contributed by atoms with Crippen LogP contribution in [0.25, 0.3) is 22.0 Å². The number of hydrogen-bond donors (Lipinski definition) is 2. The van der Waals surface area contributed by atoms with Gasteiger partial charge in [-0.1, -0.05) is 17.7 Å². The molecule has 0 atom stereocenters. The molecular weight excluding hydrogens is 326 g/mol. The van der Waals surface area contributed by atoms with Crippen LogP contribution in [0.2, 0.25) is 5.02 Å². The van der Waals surface area contributed by atoms with Crippen molar-refractivity contribution in [3.8, 4) is 11.1 Å². The normalized spacial score (nSPS) is 10.5. The summed E-state index contributed by atoms with van der Waals surface area (Å²) in [6.45, 7) is 0.275. The van der Waals surface area contributed by atoms with Gasteiger partial charge in [0.15, 0.2) is 5.43 Å². The fourth-order valence-corrected chi connectivity index (χ4v) is 2.58. The number of aromatic amines is 1. The lowest BCUT2D eigenvalue weighted by Gasteiger charge is -2.07. The van der Waals surface area contributed by atoms with Gasteiger partial charge in [-0.3, -0.25) is 4.79 Å². The first-order valence-electron chi connectivity index (χ1n) is 6.40. The highest BCUT2D eigenvalue weighted by Crippen LogP contribution is 2.29. The second-order valence-electron chi connectivity index (χ2n) is 4.75. The van der Waals surface area contributed by atoms with Crippen molar-refractivity contribution in [1.29, 1.82) is 0 Å². The third kappa shape index (κ3) is 2.99. The molecule has 3 rings (SSSR count). The van der Waals surface area contributed by atoms with E-state index in [9.17, 15) is 9.18 Å². The minimum Gasteiger partial charge on any atom is -0.357 e. The molecule has 0 bridgehead atoms. The van der Waals surface area contributed by atoms with Gasteiger partial charge < -0.3 is 10.7 Å². The molecule has 3 nitrogen and oxygen atoms in total. The number of benzene rings is 2. The molecule has 0 saturated heterocycles. The molecule has 22 heavy (non-hydrogen) atoms. The van der Waals surface area contributed by atoms with E-state index in [2.05, 4.69) is 4.98 Å². The Labute approximate surface area is 137 Å². The number of halogens is 3. The highest BCUT2D eigenvalue weighted by Gasteiger charge is 2.08. The van der Waals surface area contributed by atoms with Crippen molar-refractivity contribution in [2.45, 2.75) is 6.54 Å². The minimum absolute atomic E-state index is 0. The van der Waals surface area contributed by atoms with Crippen LogP contribution in [-0.2, 0) is 6.54 Å². The SMILES string of the molecule is Cl.NCc1cc(=O)c2cc(-c3ccc(F)cc3Cl)ccc2[nH]1. The number of fused-ring (bicyclic) bond motifs is 1. The van der Waals surface area contributed by atoms with E-state index in [1.165, 1.54) is 18.2 Å². The Kier molecular flexibility index (Phi) is 4.86. The van der Waals surface area contributed by atoms with Gasteiger partial charge in [-0.05, 0) is 35.9 Å². The topological polar surface area (TPSA) is 58.9 Å². The van der Waals surface area contributed by atoms with E-state index in [0.717, 1.165) is 5.56 Å². The van der Waals surface area contributed by atoms with Crippen LogP contribution < -0.4 is 11.2 Å². The van der Waals surface area contributed by atoms with E-state index in [0.29, 0.717) is 27.2 Å².